The molecule has 2 N–H and O–H groups in total. The summed E-state index contributed by atoms with van der Waals surface area (Å²) in [6, 6.07) is 8.54. The van der Waals surface area contributed by atoms with Gasteiger partial charge in [0.1, 0.15) is 12.1 Å². The molecule has 2 aliphatic rings. The lowest BCUT2D eigenvalue weighted by Crippen LogP contribution is -2.61. The van der Waals surface area contributed by atoms with Gasteiger partial charge in [-0.05, 0) is 65.5 Å². The fraction of sp³-hybridized carbons (Fsp3) is 0.350. The number of nitrogens with one attached hydrogen (secondary N) is 2. The largest absolute Gasteiger partial charge is 0.370 e. The summed E-state index contributed by atoms with van der Waals surface area (Å²) < 4.78 is 6.00. The van der Waals surface area contributed by atoms with Gasteiger partial charge in [0.25, 0.3) is 11.8 Å². The zero-order valence-electron chi connectivity index (χ0n) is 15.9. The molecule has 7 nitrogen and oxygen atoms in total. The molecule has 2 fully saturated rings. The number of hydrogen-bond acceptors (Lipinski definition) is 5. The average molecular weight is 513 g/mol. The van der Waals surface area contributed by atoms with Crippen molar-refractivity contribution in [1.29, 1.82) is 0 Å². The number of hydrogen-bond donors (Lipinski definition) is 2. The maximum atomic E-state index is 13.0. The first kappa shape index (κ1) is 21.3. The molecule has 1 aliphatic carbocycles. The van der Waals surface area contributed by atoms with E-state index in [2.05, 4.69) is 26.6 Å². The number of halogens is 2. The van der Waals surface area contributed by atoms with Crippen molar-refractivity contribution in [2.75, 3.05) is 30.0 Å². The van der Waals surface area contributed by atoms with Crippen LogP contribution in [0.1, 0.15) is 28.9 Å². The first-order valence-electron chi connectivity index (χ1n) is 9.45. The summed E-state index contributed by atoms with van der Waals surface area (Å²) in [6.45, 7) is 0.902. The Balaban J connectivity index is 1.46. The number of benzene rings is 1. The number of anilines is 2. The summed E-state index contributed by atoms with van der Waals surface area (Å²) in [5.41, 5.74) is 0.158. The number of rotatable bonds is 5. The highest BCUT2D eigenvalue weighted by atomic mass is 79.9. The van der Waals surface area contributed by atoms with Gasteiger partial charge in [0.15, 0.2) is 0 Å². The Morgan fingerprint density at radius 1 is 1.23 bits per heavy atom. The van der Waals surface area contributed by atoms with Crippen LogP contribution >= 0.6 is 38.9 Å². The number of ether oxygens (including phenoxy) is 1. The van der Waals surface area contributed by atoms with Crippen LogP contribution in [-0.4, -0.2) is 43.0 Å². The number of carbonyl (C=O) groups is 3. The maximum absolute atomic E-state index is 13.0. The number of nitrogens with zero attached hydrogens (tertiary/aromatic N) is 1. The molecule has 0 spiro atoms. The smallest absolute Gasteiger partial charge is 0.262 e. The first-order valence-corrected chi connectivity index (χ1v) is 11.4. The second kappa shape index (κ2) is 8.66. The highest BCUT2D eigenvalue weighted by molar-refractivity contribution is 9.11. The zero-order chi connectivity index (χ0) is 21.3. The van der Waals surface area contributed by atoms with Crippen molar-refractivity contribution in [2.24, 2.45) is 0 Å². The fourth-order valence-corrected chi connectivity index (χ4v) is 5.05. The molecule has 0 radical (unpaired) electrons. The van der Waals surface area contributed by atoms with Gasteiger partial charge in [-0.2, -0.15) is 0 Å². The molecule has 4 rings (SSSR count). The van der Waals surface area contributed by atoms with Crippen molar-refractivity contribution in [2.45, 2.75) is 24.8 Å². The second-order valence-electron chi connectivity index (χ2n) is 7.21. The predicted octanol–water partition coefficient (Wildman–Crippen LogP) is 3.82. The molecule has 3 amide bonds. The molecule has 158 valence electrons. The van der Waals surface area contributed by atoms with E-state index in [0.717, 1.165) is 10.2 Å². The van der Waals surface area contributed by atoms with E-state index in [4.69, 9.17) is 16.3 Å². The van der Waals surface area contributed by atoms with Crippen LogP contribution in [0.4, 0.5) is 11.4 Å². The molecule has 10 heteroatoms. The predicted molar refractivity (Wildman–Crippen MR) is 119 cm³/mol. The monoisotopic (exact) mass is 511 g/mol. The van der Waals surface area contributed by atoms with Crippen molar-refractivity contribution in [1.82, 2.24) is 5.32 Å². The van der Waals surface area contributed by atoms with E-state index in [9.17, 15) is 14.4 Å². The molecule has 1 aromatic heterocycles. The van der Waals surface area contributed by atoms with Gasteiger partial charge in [0.2, 0.25) is 5.91 Å². The molecule has 0 atom stereocenters. The molecule has 1 aliphatic heterocycles. The van der Waals surface area contributed by atoms with Crippen LogP contribution in [0.5, 0.6) is 0 Å². The summed E-state index contributed by atoms with van der Waals surface area (Å²) in [4.78, 5) is 39.7. The molecule has 1 saturated heterocycles. The van der Waals surface area contributed by atoms with Gasteiger partial charge in [-0.3, -0.25) is 14.4 Å². The van der Waals surface area contributed by atoms with Crippen molar-refractivity contribution in [3.05, 3.63) is 44.0 Å². The van der Waals surface area contributed by atoms with Crippen LogP contribution in [0.2, 0.25) is 5.02 Å². The second-order valence-corrected chi connectivity index (χ2v) is 10.1. The minimum absolute atomic E-state index is 0.0256. The molecule has 0 unspecified atom stereocenters. The van der Waals surface area contributed by atoms with Crippen LogP contribution in [0.3, 0.4) is 0 Å². The quantitative estimate of drug-likeness (QED) is 0.638. The summed E-state index contributed by atoms with van der Waals surface area (Å²) in [7, 11) is 0. The van der Waals surface area contributed by atoms with E-state index < -0.39 is 5.54 Å². The van der Waals surface area contributed by atoms with E-state index in [1.807, 2.05) is 0 Å². The van der Waals surface area contributed by atoms with Crippen molar-refractivity contribution >= 4 is 68.0 Å². The molecule has 2 heterocycles. The van der Waals surface area contributed by atoms with Gasteiger partial charge in [-0.1, -0.05) is 11.6 Å². The van der Waals surface area contributed by atoms with Crippen LogP contribution < -0.4 is 15.5 Å². The lowest BCUT2D eigenvalue weighted by molar-refractivity contribution is -0.126. The van der Waals surface area contributed by atoms with Crippen LogP contribution in [0, 0.1) is 0 Å². The summed E-state index contributed by atoms with van der Waals surface area (Å²) >= 11 is 11.0. The Labute approximate surface area is 190 Å². The van der Waals surface area contributed by atoms with Crippen molar-refractivity contribution in [3.63, 3.8) is 0 Å². The highest BCUT2D eigenvalue weighted by Gasteiger charge is 2.45. The molecule has 2 aromatic rings. The van der Waals surface area contributed by atoms with Crippen molar-refractivity contribution in [3.8, 4) is 0 Å². The lowest BCUT2D eigenvalue weighted by Gasteiger charge is -2.40. The SMILES string of the molecule is O=C(NC1(C(=O)Nc2ccc(N3CCOCC3=O)c(Cl)c2)CCC1)c1ccc(Br)s1. The molecule has 1 saturated carbocycles. The third kappa shape index (κ3) is 4.25. The number of carbonyl (C=O) groups excluding carboxylic acids is 3. The Hall–Kier alpha value is -1.94. The van der Waals surface area contributed by atoms with Gasteiger partial charge in [0.05, 0.1) is 26.0 Å². The van der Waals surface area contributed by atoms with Gasteiger partial charge < -0.3 is 20.3 Å². The fourth-order valence-electron chi connectivity index (χ4n) is 3.48. The Morgan fingerprint density at radius 3 is 2.63 bits per heavy atom. The standard InChI is InChI=1S/C20H19BrClN3O4S/c21-16-5-4-15(30-16)18(27)24-20(6-1-7-20)19(28)23-12-2-3-14(13(22)10-12)25-8-9-29-11-17(25)26/h2-5,10H,1,6-9,11H2,(H,23,28)(H,24,27). The molecule has 0 bridgehead atoms. The topological polar surface area (TPSA) is 87.7 Å². The number of morpholine rings is 1. The zero-order valence-corrected chi connectivity index (χ0v) is 19.0. The van der Waals surface area contributed by atoms with E-state index in [0.29, 0.717) is 47.3 Å². The van der Waals surface area contributed by atoms with E-state index in [1.54, 1.807) is 35.2 Å². The summed E-state index contributed by atoms with van der Waals surface area (Å²) in [6.07, 6.45) is 2.01. The molecular formula is C20H19BrClN3O4S. The number of amides is 3. The highest BCUT2D eigenvalue weighted by Crippen LogP contribution is 2.35. The molecular weight excluding hydrogens is 494 g/mol. The van der Waals surface area contributed by atoms with E-state index in [1.165, 1.54) is 11.3 Å². The maximum Gasteiger partial charge on any atom is 0.262 e. The van der Waals surface area contributed by atoms with Crippen LogP contribution in [0.25, 0.3) is 0 Å². The van der Waals surface area contributed by atoms with Crippen molar-refractivity contribution < 1.29 is 19.1 Å². The van der Waals surface area contributed by atoms with Gasteiger partial charge in [0, 0.05) is 12.2 Å². The van der Waals surface area contributed by atoms with E-state index >= 15 is 0 Å². The minimum atomic E-state index is -0.932. The molecule has 30 heavy (non-hydrogen) atoms. The molecule has 1 aromatic carbocycles. The third-order valence-corrected chi connectivity index (χ3v) is 7.20. The Kier molecular flexibility index (Phi) is 6.15. The Morgan fingerprint density at radius 2 is 2.03 bits per heavy atom. The van der Waals surface area contributed by atoms with Gasteiger partial charge >= 0.3 is 0 Å². The number of thiophene rings is 1. The lowest BCUT2D eigenvalue weighted by atomic mass is 9.75. The first-order chi connectivity index (χ1) is 14.4. The normalized spacial score (nSPS) is 17.9. The summed E-state index contributed by atoms with van der Waals surface area (Å²) in [5, 5.41) is 6.12. The van der Waals surface area contributed by atoms with Gasteiger partial charge in [-0.25, -0.2) is 0 Å². The third-order valence-electron chi connectivity index (χ3n) is 5.27. The van der Waals surface area contributed by atoms with Crippen LogP contribution in [0.15, 0.2) is 34.1 Å². The van der Waals surface area contributed by atoms with Crippen LogP contribution in [-0.2, 0) is 14.3 Å². The minimum Gasteiger partial charge on any atom is -0.370 e. The van der Waals surface area contributed by atoms with Gasteiger partial charge in [-0.15, -0.1) is 11.3 Å². The average Bonchev–Trinajstić information content (AvgIpc) is 3.12. The summed E-state index contributed by atoms with van der Waals surface area (Å²) in [5.74, 6) is -0.694. The Bertz CT molecular complexity index is 1010. The van der Waals surface area contributed by atoms with E-state index in [-0.39, 0.29) is 24.3 Å².